The first-order valence-electron chi connectivity index (χ1n) is 11.1. The number of nitrogens with one attached hydrogen (secondary N) is 1. The molecule has 1 saturated heterocycles. The Morgan fingerprint density at radius 2 is 1.67 bits per heavy atom. The Labute approximate surface area is 204 Å². The predicted octanol–water partition coefficient (Wildman–Crippen LogP) is 6.17. The molecule has 4 rings (SSSR count). The molecule has 33 heavy (non-hydrogen) atoms. The number of benzene rings is 3. The van der Waals surface area contributed by atoms with Gasteiger partial charge in [0.1, 0.15) is 5.37 Å². The van der Waals surface area contributed by atoms with Gasteiger partial charge in [-0.25, -0.2) is 0 Å². The Bertz CT molecular complexity index is 1110. The van der Waals surface area contributed by atoms with Gasteiger partial charge in [-0.1, -0.05) is 67.1 Å². The Morgan fingerprint density at radius 3 is 2.30 bits per heavy atom. The molecule has 3 aromatic rings. The SMILES string of the molecule is CCc1ccc([C@H](C)NC(=O)c2ccc([C@H]3SCC(=O)N3Cc3ccc(Cl)cc3)cc2)cc1. The fraction of sp³-hybridized carbons (Fsp3) is 0.259. The van der Waals surface area contributed by atoms with Gasteiger partial charge in [0.2, 0.25) is 5.91 Å². The molecule has 1 aliphatic rings. The van der Waals surface area contributed by atoms with Crippen molar-refractivity contribution in [3.05, 3.63) is 106 Å². The molecule has 0 aliphatic carbocycles. The molecular formula is C27H27ClN2O2S. The van der Waals surface area contributed by atoms with E-state index in [1.54, 1.807) is 11.8 Å². The van der Waals surface area contributed by atoms with Crippen molar-refractivity contribution in [2.75, 3.05) is 5.75 Å². The van der Waals surface area contributed by atoms with E-state index in [9.17, 15) is 9.59 Å². The Hall–Kier alpha value is -2.76. The first kappa shape index (κ1) is 23.4. The van der Waals surface area contributed by atoms with Gasteiger partial charge >= 0.3 is 0 Å². The Balaban J connectivity index is 1.42. The zero-order chi connectivity index (χ0) is 23.4. The van der Waals surface area contributed by atoms with E-state index < -0.39 is 0 Å². The number of carbonyl (C=O) groups excluding carboxylic acids is 2. The number of aryl methyl sites for hydroxylation is 1. The standard InChI is InChI=1S/C27H27ClN2O2S/c1-3-19-4-8-21(9-5-19)18(2)29-26(32)22-10-12-23(13-11-22)27-30(25(31)17-33-27)16-20-6-14-24(28)15-7-20/h4-15,18,27H,3,16-17H2,1-2H3,(H,29,32)/t18-,27+/m0/s1. The van der Waals surface area contributed by atoms with E-state index in [1.165, 1.54) is 5.56 Å². The topological polar surface area (TPSA) is 49.4 Å². The van der Waals surface area contributed by atoms with Gasteiger partial charge in [-0.05, 0) is 59.9 Å². The number of hydrogen-bond acceptors (Lipinski definition) is 3. The summed E-state index contributed by atoms with van der Waals surface area (Å²) >= 11 is 7.59. The molecule has 1 aliphatic heterocycles. The highest BCUT2D eigenvalue weighted by Crippen LogP contribution is 2.39. The maximum absolute atomic E-state index is 12.8. The van der Waals surface area contributed by atoms with Gasteiger partial charge in [-0.3, -0.25) is 9.59 Å². The van der Waals surface area contributed by atoms with E-state index in [4.69, 9.17) is 11.6 Å². The highest BCUT2D eigenvalue weighted by molar-refractivity contribution is 8.00. The largest absolute Gasteiger partial charge is 0.346 e. The predicted molar refractivity (Wildman–Crippen MR) is 135 cm³/mol. The number of halogens is 1. The van der Waals surface area contributed by atoms with Crippen molar-refractivity contribution in [3.8, 4) is 0 Å². The van der Waals surface area contributed by atoms with Crippen LogP contribution < -0.4 is 5.32 Å². The van der Waals surface area contributed by atoms with E-state index in [0.29, 0.717) is 22.9 Å². The summed E-state index contributed by atoms with van der Waals surface area (Å²) in [7, 11) is 0. The van der Waals surface area contributed by atoms with E-state index in [0.717, 1.165) is 23.1 Å². The third kappa shape index (κ3) is 5.60. The van der Waals surface area contributed by atoms with Gasteiger partial charge in [0.05, 0.1) is 11.8 Å². The van der Waals surface area contributed by atoms with Crippen LogP contribution in [-0.2, 0) is 17.8 Å². The third-order valence-electron chi connectivity index (χ3n) is 5.93. The molecule has 0 radical (unpaired) electrons. The minimum Gasteiger partial charge on any atom is -0.346 e. The average Bonchev–Trinajstić information content (AvgIpc) is 3.20. The van der Waals surface area contributed by atoms with Crippen molar-refractivity contribution in [1.82, 2.24) is 10.2 Å². The molecule has 0 bridgehead atoms. The molecule has 0 spiro atoms. The second kappa shape index (κ2) is 10.4. The zero-order valence-corrected chi connectivity index (χ0v) is 20.3. The maximum atomic E-state index is 12.8. The summed E-state index contributed by atoms with van der Waals surface area (Å²) in [6, 6.07) is 23.4. The lowest BCUT2D eigenvalue weighted by Crippen LogP contribution is -2.28. The fourth-order valence-corrected chi connectivity index (χ4v) is 5.21. The monoisotopic (exact) mass is 478 g/mol. The van der Waals surface area contributed by atoms with Crippen LogP contribution in [-0.4, -0.2) is 22.5 Å². The van der Waals surface area contributed by atoms with Crippen molar-refractivity contribution >= 4 is 35.2 Å². The molecule has 2 atom stereocenters. The molecule has 2 amide bonds. The van der Waals surface area contributed by atoms with Crippen LogP contribution in [0.3, 0.4) is 0 Å². The summed E-state index contributed by atoms with van der Waals surface area (Å²) < 4.78 is 0. The quantitative estimate of drug-likeness (QED) is 0.442. The highest BCUT2D eigenvalue weighted by atomic mass is 35.5. The number of carbonyl (C=O) groups is 2. The summed E-state index contributed by atoms with van der Waals surface area (Å²) in [4.78, 5) is 27.2. The highest BCUT2D eigenvalue weighted by Gasteiger charge is 2.32. The van der Waals surface area contributed by atoms with Crippen LogP contribution >= 0.6 is 23.4 Å². The van der Waals surface area contributed by atoms with Gasteiger partial charge < -0.3 is 10.2 Å². The van der Waals surface area contributed by atoms with E-state index in [2.05, 4.69) is 36.5 Å². The Kier molecular flexibility index (Phi) is 7.41. The number of thioether (sulfide) groups is 1. The van der Waals surface area contributed by atoms with Crippen LogP contribution in [0.1, 0.15) is 57.9 Å². The first-order valence-corrected chi connectivity index (χ1v) is 12.5. The number of amides is 2. The molecule has 0 aromatic heterocycles. The molecular weight excluding hydrogens is 452 g/mol. The molecule has 0 saturated carbocycles. The summed E-state index contributed by atoms with van der Waals surface area (Å²) in [6.45, 7) is 4.65. The van der Waals surface area contributed by atoms with Gasteiger partial charge in [-0.15, -0.1) is 11.8 Å². The van der Waals surface area contributed by atoms with Gasteiger partial charge in [-0.2, -0.15) is 0 Å². The average molecular weight is 479 g/mol. The number of nitrogens with zero attached hydrogens (tertiary/aromatic N) is 1. The molecule has 170 valence electrons. The van der Waals surface area contributed by atoms with E-state index >= 15 is 0 Å². The summed E-state index contributed by atoms with van der Waals surface area (Å²) in [5, 5.41) is 3.68. The summed E-state index contributed by atoms with van der Waals surface area (Å²) in [6.07, 6.45) is 0.995. The van der Waals surface area contributed by atoms with Crippen molar-refractivity contribution < 1.29 is 9.59 Å². The lowest BCUT2D eigenvalue weighted by atomic mass is 10.0. The van der Waals surface area contributed by atoms with Crippen LogP contribution in [0.2, 0.25) is 5.02 Å². The zero-order valence-electron chi connectivity index (χ0n) is 18.8. The lowest BCUT2D eigenvalue weighted by Gasteiger charge is -2.24. The molecule has 0 unspecified atom stereocenters. The van der Waals surface area contributed by atoms with Crippen molar-refractivity contribution in [2.24, 2.45) is 0 Å². The van der Waals surface area contributed by atoms with Gasteiger partial charge in [0, 0.05) is 17.1 Å². The molecule has 3 aromatic carbocycles. The first-order chi connectivity index (χ1) is 15.9. The second-order valence-electron chi connectivity index (χ2n) is 8.22. The second-order valence-corrected chi connectivity index (χ2v) is 9.73. The van der Waals surface area contributed by atoms with E-state index in [1.807, 2.05) is 60.4 Å². The van der Waals surface area contributed by atoms with Crippen molar-refractivity contribution in [2.45, 2.75) is 38.2 Å². The van der Waals surface area contributed by atoms with Gasteiger partial charge in [0.15, 0.2) is 0 Å². The minimum atomic E-state index is -0.109. The third-order valence-corrected chi connectivity index (χ3v) is 7.44. The van der Waals surface area contributed by atoms with Crippen LogP contribution in [0.15, 0.2) is 72.8 Å². The van der Waals surface area contributed by atoms with Crippen molar-refractivity contribution in [3.63, 3.8) is 0 Å². The number of rotatable bonds is 7. The number of hydrogen-bond donors (Lipinski definition) is 1. The Morgan fingerprint density at radius 1 is 1.03 bits per heavy atom. The van der Waals surface area contributed by atoms with Crippen LogP contribution in [0.4, 0.5) is 0 Å². The maximum Gasteiger partial charge on any atom is 0.251 e. The molecule has 4 nitrogen and oxygen atoms in total. The van der Waals surface area contributed by atoms with Crippen LogP contribution in [0.5, 0.6) is 0 Å². The fourth-order valence-electron chi connectivity index (χ4n) is 3.89. The minimum absolute atomic E-state index is 0.0682. The molecule has 1 fully saturated rings. The molecule has 6 heteroatoms. The normalized spacial score (nSPS) is 16.6. The lowest BCUT2D eigenvalue weighted by molar-refractivity contribution is -0.128. The van der Waals surface area contributed by atoms with Gasteiger partial charge in [0.25, 0.3) is 5.91 Å². The molecule has 1 heterocycles. The summed E-state index contributed by atoms with van der Waals surface area (Å²) in [5.41, 5.74) is 5.02. The van der Waals surface area contributed by atoms with Crippen LogP contribution in [0, 0.1) is 0 Å². The van der Waals surface area contributed by atoms with Crippen molar-refractivity contribution in [1.29, 1.82) is 0 Å². The van der Waals surface area contributed by atoms with E-state index in [-0.39, 0.29) is 23.2 Å². The molecule has 1 N–H and O–H groups in total. The van der Waals surface area contributed by atoms with Crippen LogP contribution in [0.25, 0.3) is 0 Å². The summed E-state index contributed by atoms with van der Waals surface area (Å²) in [5.74, 6) is 0.459. The smallest absolute Gasteiger partial charge is 0.251 e.